The van der Waals surface area contributed by atoms with Gasteiger partial charge in [0.15, 0.2) is 0 Å². The van der Waals surface area contributed by atoms with Gasteiger partial charge in [-0.3, -0.25) is 4.79 Å². The van der Waals surface area contributed by atoms with Crippen LogP contribution in [0.3, 0.4) is 0 Å². The highest BCUT2D eigenvalue weighted by molar-refractivity contribution is 5.82. The molecule has 1 amide bonds. The van der Waals surface area contributed by atoms with Crippen molar-refractivity contribution >= 4 is 5.91 Å². The number of rotatable bonds is 4. The minimum Gasteiger partial charge on any atom is -0.351 e. The minimum atomic E-state index is -0.364. The second kappa shape index (κ2) is 4.66. The maximum Gasteiger partial charge on any atom is 0.237 e. The highest BCUT2D eigenvalue weighted by Gasteiger charge is 2.39. The normalized spacial score (nSPS) is 24.9. The summed E-state index contributed by atoms with van der Waals surface area (Å²) in [4.78, 5) is 11.6. The monoisotopic (exact) mass is 218 g/mol. The quantitative estimate of drug-likeness (QED) is 0.802. The number of hydrogen-bond donors (Lipinski definition) is 2. The molecule has 0 saturated heterocycles. The van der Waals surface area contributed by atoms with Crippen LogP contribution in [0.1, 0.15) is 31.2 Å². The molecule has 1 aromatic rings. The lowest BCUT2D eigenvalue weighted by atomic mass is 10.1. The minimum absolute atomic E-state index is 0.0223. The number of carbonyl (C=O) groups excluding carboxylic acids is 1. The SMILES string of the molecule is CC[C@H](N)C(=O)N[C@H]1C[C@@H]1c1ccccc1. The highest BCUT2D eigenvalue weighted by Crippen LogP contribution is 2.40. The van der Waals surface area contributed by atoms with Crippen LogP contribution in [0, 0.1) is 0 Å². The van der Waals surface area contributed by atoms with E-state index in [1.807, 2.05) is 25.1 Å². The molecule has 3 atom stereocenters. The third-order valence-electron chi connectivity index (χ3n) is 3.12. The number of amides is 1. The predicted octanol–water partition coefficient (Wildman–Crippen LogP) is 1.40. The Labute approximate surface area is 96.0 Å². The molecule has 86 valence electrons. The summed E-state index contributed by atoms with van der Waals surface area (Å²) in [5.74, 6) is 0.458. The van der Waals surface area contributed by atoms with E-state index < -0.39 is 0 Å². The summed E-state index contributed by atoms with van der Waals surface area (Å²) < 4.78 is 0. The topological polar surface area (TPSA) is 55.1 Å². The lowest BCUT2D eigenvalue weighted by Gasteiger charge is -2.09. The summed E-state index contributed by atoms with van der Waals surface area (Å²) in [7, 11) is 0. The Bertz CT molecular complexity index is 363. The maximum atomic E-state index is 11.6. The summed E-state index contributed by atoms with van der Waals surface area (Å²) in [6, 6.07) is 10.2. The Hall–Kier alpha value is -1.35. The van der Waals surface area contributed by atoms with Crippen molar-refractivity contribution in [3.05, 3.63) is 35.9 Å². The summed E-state index contributed by atoms with van der Waals surface area (Å²) >= 11 is 0. The van der Waals surface area contributed by atoms with Gasteiger partial charge in [-0.15, -0.1) is 0 Å². The molecule has 0 spiro atoms. The van der Waals surface area contributed by atoms with E-state index in [4.69, 9.17) is 5.73 Å². The van der Waals surface area contributed by atoms with Gasteiger partial charge in [0, 0.05) is 12.0 Å². The molecule has 0 unspecified atom stereocenters. The van der Waals surface area contributed by atoms with E-state index in [2.05, 4.69) is 17.4 Å². The number of benzene rings is 1. The van der Waals surface area contributed by atoms with Crippen LogP contribution in [0.25, 0.3) is 0 Å². The molecule has 1 aromatic carbocycles. The van der Waals surface area contributed by atoms with Crippen molar-refractivity contribution in [2.24, 2.45) is 5.73 Å². The Kier molecular flexibility index (Phi) is 3.25. The molecule has 3 N–H and O–H groups in total. The molecule has 1 fully saturated rings. The van der Waals surface area contributed by atoms with E-state index in [0.717, 1.165) is 6.42 Å². The summed E-state index contributed by atoms with van der Waals surface area (Å²) in [6.45, 7) is 1.92. The van der Waals surface area contributed by atoms with Crippen molar-refractivity contribution in [3.63, 3.8) is 0 Å². The van der Waals surface area contributed by atoms with E-state index in [9.17, 15) is 4.79 Å². The number of nitrogens with one attached hydrogen (secondary N) is 1. The van der Waals surface area contributed by atoms with Crippen molar-refractivity contribution in [3.8, 4) is 0 Å². The van der Waals surface area contributed by atoms with Crippen LogP contribution in [0.4, 0.5) is 0 Å². The smallest absolute Gasteiger partial charge is 0.237 e. The molecule has 16 heavy (non-hydrogen) atoms. The Morgan fingerprint density at radius 3 is 2.81 bits per heavy atom. The summed E-state index contributed by atoms with van der Waals surface area (Å²) in [5.41, 5.74) is 6.97. The van der Waals surface area contributed by atoms with Crippen LogP contribution in [-0.4, -0.2) is 18.0 Å². The highest BCUT2D eigenvalue weighted by atomic mass is 16.2. The van der Waals surface area contributed by atoms with E-state index in [-0.39, 0.29) is 18.0 Å². The number of carbonyl (C=O) groups is 1. The molecule has 2 rings (SSSR count). The summed E-state index contributed by atoms with van der Waals surface area (Å²) in [6.07, 6.45) is 1.72. The molecule has 0 bridgehead atoms. The first-order chi connectivity index (χ1) is 7.72. The van der Waals surface area contributed by atoms with Gasteiger partial charge in [-0.1, -0.05) is 37.3 Å². The molecular weight excluding hydrogens is 200 g/mol. The van der Waals surface area contributed by atoms with Crippen LogP contribution in [0.5, 0.6) is 0 Å². The van der Waals surface area contributed by atoms with Gasteiger partial charge in [-0.2, -0.15) is 0 Å². The fraction of sp³-hybridized carbons (Fsp3) is 0.462. The lowest BCUT2D eigenvalue weighted by molar-refractivity contribution is -0.122. The average Bonchev–Trinajstić information content (AvgIpc) is 3.08. The van der Waals surface area contributed by atoms with Crippen molar-refractivity contribution in [1.82, 2.24) is 5.32 Å². The summed E-state index contributed by atoms with van der Waals surface area (Å²) in [5, 5.41) is 2.99. The molecule has 1 saturated carbocycles. The standard InChI is InChI=1S/C13H18N2O/c1-2-11(14)13(16)15-12-8-10(12)9-6-4-3-5-7-9/h3-7,10-12H,2,8,14H2,1H3,(H,15,16)/t10-,11+,12+/m1/s1. The van der Waals surface area contributed by atoms with Crippen molar-refractivity contribution in [1.29, 1.82) is 0 Å². The van der Waals surface area contributed by atoms with Crippen LogP contribution >= 0.6 is 0 Å². The Morgan fingerprint density at radius 2 is 2.19 bits per heavy atom. The Morgan fingerprint density at radius 1 is 1.50 bits per heavy atom. The average molecular weight is 218 g/mol. The second-order valence-corrected chi connectivity index (χ2v) is 4.38. The fourth-order valence-electron chi connectivity index (χ4n) is 1.90. The molecule has 0 heterocycles. The largest absolute Gasteiger partial charge is 0.351 e. The zero-order chi connectivity index (χ0) is 11.5. The second-order valence-electron chi connectivity index (χ2n) is 4.38. The van der Waals surface area contributed by atoms with Crippen molar-refractivity contribution in [2.45, 2.75) is 37.8 Å². The van der Waals surface area contributed by atoms with E-state index in [0.29, 0.717) is 12.3 Å². The molecule has 1 aliphatic rings. The maximum absolute atomic E-state index is 11.6. The van der Waals surface area contributed by atoms with Crippen LogP contribution in [-0.2, 0) is 4.79 Å². The third-order valence-corrected chi connectivity index (χ3v) is 3.12. The van der Waals surface area contributed by atoms with Gasteiger partial charge in [0.2, 0.25) is 5.91 Å². The van der Waals surface area contributed by atoms with E-state index in [1.54, 1.807) is 0 Å². The Balaban J connectivity index is 1.86. The first-order valence-corrected chi connectivity index (χ1v) is 5.83. The van der Waals surface area contributed by atoms with Crippen LogP contribution in [0.15, 0.2) is 30.3 Å². The molecular formula is C13H18N2O. The van der Waals surface area contributed by atoms with Gasteiger partial charge in [0.25, 0.3) is 0 Å². The van der Waals surface area contributed by atoms with Gasteiger partial charge in [-0.05, 0) is 18.4 Å². The first kappa shape index (κ1) is 11.1. The fourth-order valence-corrected chi connectivity index (χ4v) is 1.90. The zero-order valence-electron chi connectivity index (χ0n) is 9.52. The zero-order valence-corrected chi connectivity index (χ0v) is 9.52. The van der Waals surface area contributed by atoms with Gasteiger partial charge in [0.05, 0.1) is 6.04 Å². The number of nitrogens with two attached hydrogens (primary N) is 1. The van der Waals surface area contributed by atoms with Gasteiger partial charge in [-0.25, -0.2) is 0 Å². The van der Waals surface area contributed by atoms with Crippen molar-refractivity contribution in [2.75, 3.05) is 0 Å². The molecule has 3 nitrogen and oxygen atoms in total. The number of hydrogen-bond acceptors (Lipinski definition) is 2. The molecule has 3 heteroatoms. The van der Waals surface area contributed by atoms with Gasteiger partial charge in [0.1, 0.15) is 0 Å². The third kappa shape index (κ3) is 2.42. The molecule has 0 aromatic heterocycles. The van der Waals surface area contributed by atoms with Crippen LogP contribution < -0.4 is 11.1 Å². The lowest BCUT2D eigenvalue weighted by Crippen LogP contribution is -2.41. The van der Waals surface area contributed by atoms with Gasteiger partial charge >= 0.3 is 0 Å². The van der Waals surface area contributed by atoms with Gasteiger partial charge < -0.3 is 11.1 Å². The van der Waals surface area contributed by atoms with Crippen molar-refractivity contribution < 1.29 is 4.79 Å². The molecule has 0 radical (unpaired) electrons. The predicted molar refractivity (Wildman–Crippen MR) is 64.0 cm³/mol. The van der Waals surface area contributed by atoms with E-state index >= 15 is 0 Å². The van der Waals surface area contributed by atoms with Crippen LogP contribution in [0.2, 0.25) is 0 Å². The van der Waals surface area contributed by atoms with E-state index in [1.165, 1.54) is 5.56 Å². The molecule has 0 aliphatic heterocycles. The first-order valence-electron chi connectivity index (χ1n) is 5.83. The molecule has 1 aliphatic carbocycles.